The highest BCUT2D eigenvalue weighted by molar-refractivity contribution is 5.88. The molecule has 22 N–H and O–H groups in total. The number of hydrogen-bond acceptors (Lipinski definition) is 30. The number of nitrogens with one attached hydrogen (secondary N) is 4. The second kappa shape index (κ2) is 33.9. The summed E-state index contributed by atoms with van der Waals surface area (Å²) in [6, 6.07) is -2.03. The Morgan fingerprint density at radius 2 is 1.15 bits per heavy atom. The molecule has 0 aromatic carbocycles. The quantitative estimate of drug-likeness (QED) is 0.0117. The van der Waals surface area contributed by atoms with E-state index in [2.05, 4.69) is 16.3 Å². The number of carbonyl (C=O) groups is 6. The predicted octanol–water partition coefficient (Wildman–Crippen LogP) is -12.8. The van der Waals surface area contributed by atoms with E-state index in [4.69, 9.17) is 19.5 Å². The Morgan fingerprint density at radius 3 is 1.63 bits per heavy atom. The molecule has 34 heteroatoms. The number of ketones is 1. The summed E-state index contributed by atoms with van der Waals surface area (Å²) in [5.41, 5.74) is 3.04. The minimum absolute atomic E-state index is 0.0188. The van der Waals surface area contributed by atoms with Crippen molar-refractivity contribution in [1.82, 2.24) is 36.5 Å². The van der Waals surface area contributed by atoms with Gasteiger partial charge in [0.05, 0.1) is 64.2 Å². The van der Waals surface area contributed by atoms with Crippen LogP contribution in [0.4, 0.5) is 0 Å². The molecular formula is C39H73N7O27. The van der Waals surface area contributed by atoms with Crippen LogP contribution in [-0.4, -0.2) is 327 Å². The lowest BCUT2D eigenvalue weighted by atomic mass is 9.79. The Bertz CT molecular complexity index is 1640. The summed E-state index contributed by atoms with van der Waals surface area (Å²) in [5.74, 6) is -6.91. The van der Waals surface area contributed by atoms with Crippen LogP contribution in [0.3, 0.4) is 0 Å². The maximum atomic E-state index is 13.5. The van der Waals surface area contributed by atoms with E-state index in [-0.39, 0.29) is 52.1 Å². The normalized spacial score (nSPS) is 20.4. The Kier molecular flexibility index (Phi) is 31.2. The van der Waals surface area contributed by atoms with Crippen LogP contribution in [0, 0.1) is 5.41 Å². The van der Waals surface area contributed by atoms with Crippen molar-refractivity contribution < 1.29 is 135 Å². The van der Waals surface area contributed by atoms with Gasteiger partial charge >= 0.3 is 17.9 Å². The van der Waals surface area contributed by atoms with Crippen molar-refractivity contribution >= 4 is 36.1 Å². The number of Topliss-reactive ketones (excluding diaryl/α,β-unsaturated/α-hetero) is 1. The molecule has 1 rings (SSSR count). The number of aliphatic hydroxyl groups excluding tert-OH is 14. The first kappa shape index (κ1) is 67.1. The summed E-state index contributed by atoms with van der Waals surface area (Å²) in [6.45, 7) is -9.69. The first-order valence-corrected chi connectivity index (χ1v) is 22.4. The smallest absolute Gasteiger partial charge is 0.317 e. The molecule has 1 aliphatic heterocycles. The highest BCUT2D eigenvalue weighted by atomic mass is 16.7. The van der Waals surface area contributed by atoms with Crippen molar-refractivity contribution in [2.75, 3.05) is 105 Å². The molecule has 1 fully saturated rings. The highest BCUT2D eigenvalue weighted by Crippen LogP contribution is 2.29. The van der Waals surface area contributed by atoms with Gasteiger partial charge in [-0.25, -0.2) is 11.0 Å². The number of ether oxygens (including phenoxy) is 1. The van der Waals surface area contributed by atoms with Gasteiger partial charge in [0.1, 0.15) is 67.8 Å². The Hall–Kier alpha value is -3.90. The van der Waals surface area contributed by atoms with Gasteiger partial charge in [-0.2, -0.15) is 5.48 Å². The zero-order valence-electron chi connectivity index (χ0n) is 39.5. The van der Waals surface area contributed by atoms with Crippen LogP contribution in [0.25, 0.3) is 0 Å². The van der Waals surface area contributed by atoms with Crippen LogP contribution in [-0.2, 0) is 43.2 Å². The molecule has 1 amide bonds. The third kappa shape index (κ3) is 22.5. The van der Waals surface area contributed by atoms with Gasteiger partial charge in [0.15, 0.2) is 11.9 Å². The molecule has 1 heterocycles. The molecule has 13 atom stereocenters. The van der Waals surface area contributed by atoms with Gasteiger partial charge in [0, 0.05) is 51.2 Å². The van der Waals surface area contributed by atoms with Crippen LogP contribution in [0.15, 0.2) is 0 Å². The molecule has 0 aliphatic carbocycles. The minimum Gasteiger partial charge on any atom is -0.480 e. The lowest BCUT2D eigenvalue weighted by Crippen LogP contribution is -2.61. The van der Waals surface area contributed by atoms with Gasteiger partial charge in [0.25, 0.3) is 12.4 Å². The van der Waals surface area contributed by atoms with E-state index in [1.807, 2.05) is 0 Å². The lowest BCUT2D eigenvalue weighted by molar-refractivity contribution is -0.151. The maximum absolute atomic E-state index is 13.5. The van der Waals surface area contributed by atoms with E-state index in [1.54, 1.807) is 5.48 Å². The number of rotatable bonds is 41. The predicted molar refractivity (Wildman–Crippen MR) is 235 cm³/mol. The molecule has 0 radical (unpaired) electrons. The van der Waals surface area contributed by atoms with Crippen molar-refractivity contribution in [3.8, 4) is 0 Å². The fourth-order valence-electron chi connectivity index (χ4n) is 7.68. The van der Waals surface area contributed by atoms with Crippen molar-refractivity contribution in [3.63, 3.8) is 0 Å². The van der Waals surface area contributed by atoms with Gasteiger partial charge in [-0.05, 0) is 19.3 Å². The molecule has 73 heavy (non-hydrogen) atoms. The molecule has 34 nitrogen and oxygen atoms in total. The topological polar surface area (TPSA) is 552 Å². The maximum Gasteiger partial charge on any atom is 0.317 e. The number of hydrogen-bond donors (Lipinski definition) is 22. The van der Waals surface area contributed by atoms with Crippen molar-refractivity contribution in [3.05, 3.63) is 0 Å². The molecule has 0 spiro atoms. The van der Waals surface area contributed by atoms with Crippen molar-refractivity contribution in [2.24, 2.45) is 5.41 Å². The van der Waals surface area contributed by atoms with Crippen LogP contribution >= 0.6 is 0 Å². The number of carboxylic acid groups (broad SMARTS) is 3. The molecule has 0 aromatic rings. The van der Waals surface area contributed by atoms with Crippen molar-refractivity contribution in [1.29, 1.82) is 0 Å². The number of carboxylic acids is 3. The van der Waals surface area contributed by atoms with E-state index in [0.29, 0.717) is 0 Å². The van der Waals surface area contributed by atoms with Gasteiger partial charge in [0.2, 0.25) is 0 Å². The molecular weight excluding hydrogens is 998 g/mol. The van der Waals surface area contributed by atoms with E-state index in [0.717, 1.165) is 0 Å². The zero-order chi connectivity index (χ0) is 55.6. The third-order valence-corrected chi connectivity index (χ3v) is 11.8. The number of carbonyl (C=O) groups excluding carboxylic acids is 3. The summed E-state index contributed by atoms with van der Waals surface area (Å²) in [4.78, 5) is 88.8. The summed E-state index contributed by atoms with van der Waals surface area (Å²) in [7, 11) is 0. The molecule has 0 saturated carbocycles. The van der Waals surface area contributed by atoms with E-state index in [9.17, 15) is 116 Å². The van der Waals surface area contributed by atoms with Gasteiger partial charge in [-0.15, -0.1) is 0 Å². The second-order valence-corrected chi connectivity index (χ2v) is 17.5. The molecule has 1 aliphatic rings. The fraction of sp³-hybridized carbons (Fsp3) is 0.846. The first-order chi connectivity index (χ1) is 34.3. The number of hydroxylamine groups is 3. The number of amides is 1. The minimum atomic E-state index is -2.56. The summed E-state index contributed by atoms with van der Waals surface area (Å²) < 4.78 is 4.92. The van der Waals surface area contributed by atoms with Gasteiger partial charge < -0.3 is 107 Å². The SMILES string of the molecule is O=COCN(CC(=O)O)C1(CCCONCC(CNOCC(O)C(O)C(O)C(O)CO)(CNC(=O)C(O)C(O)C(O)C(O)CO)CC(NO)C(=O)C(O)C(O)C(O)CO)CN(CC(=O)O)CCN(CC(=O)O)C1. The monoisotopic (exact) mass is 1070 g/mol. The van der Waals surface area contributed by atoms with E-state index in [1.165, 1.54) is 14.7 Å². The number of aliphatic hydroxyl groups is 14. The fourth-order valence-corrected chi connectivity index (χ4v) is 7.68. The third-order valence-electron chi connectivity index (χ3n) is 11.8. The van der Waals surface area contributed by atoms with Crippen molar-refractivity contribution in [2.45, 2.75) is 98.0 Å². The Balaban J connectivity index is 3.76. The molecule has 1 saturated heterocycles. The lowest BCUT2D eigenvalue weighted by Gasteiger charge is -2.45. The zero-order valence-corrected chi connectivity index (χ0v) is 39.5. The van der Waals surface area contributed by atoms with E-state index < -0.39 is 193 Å². The number of nitrogens with zero attached hydrogens (tertiary/aromatic N) is 3. The second-order valence-electron chi connectivity index (χ2n) is 17.5. The van der Waals surface area contributed by atoms with Crippen LogP contribution in [0.1, 0.15) is 19.3 Å². The van der Waals surface area contributed by atoms with Crippen LogP contribution < -0.4 is 21.8 Å². The molecule has 426 valence electrons. The summed E-state index contributed by atoms with van der Waals surface area (Å²) in [6.07, 6.45) is -25.5. The van der Waals surface area contributed by atoms with Gasteiger partial charge in [-0.1, -0.05) is 0 Å². The van der Waals surface area contributed by atoms with E-state index >= 15 is 0 Å². The molecule has 0 aromatic heterocycles. The Labute approximate surface area is 416 Å². The molecule has 13 unspecified atom stereocenters. The van der Waals surface area contributed by atoms with Gasteiger partial charge in [-0.3, -0.25) is 48.3 Å². The largest absolute Gasteiger partial charge is 0.480 e. The average Bonchev–Trinajstić information content (AvgIpc) is 3.53. The molecule has 0 bridgehead atoms. The Morgan fingerprint density at radius 1 is 0.658 bits per heavy atom. The number of aliphatic carboxylic acids is 3. The average molecular weight is 1070 g/mol. The summed E-state index contributed by atoms with van der Waals surface area (Å²) in [5, 5.41) is 181. The standard InChI is InChI=1S/C39H73N7O27/c47-10-22(51)30(62)33(65)25(54)13-73-42-16-38(6-21(43-70)29(61)34(66)31(63)23(52)11-48,14-40-37(69)36(68)35(67)32(64)24(53)12-49)15-41-72-5-1-2-39(46(9-28(59)60)19-71-20-50)17-44(7-26(55)56)3-4-45(18-39)8-27(57)58/h20-25,30-36,41-43,47-49,51-54,62-68,70H,1-19H2,(H,40,69)(H,55,56)(H,57,58)(H,59,60). The highest BCUT2D eigenvalue weighted by Gasteiger charge is 2.45. The summed E-state index contributed by atoms with van der Waals surface area (Å²) >= 11 is 0. The van der Waals surface area contributed by atoms with Crippen LogP contribution in [0.2, 0.25) is 0 Å². The first-order valence-electron chi connectivity index (χ1n) is 22.4. The van der Waals surface area contributed by atoms with Crippen LogP contribution in [0.5, 0.6) is 0 Å².